The van der Waals surface area contributed by atoms with Gasteiger partial charge in [0.05, 0.1) is 33.1 Å². The fraction of sp³-hybridized carbons (Fsp3) is 0.0154. The van der Waals surface area contributed by atoms with Crippen LogP contribution in [0.2, 0.25) is 0 Å². The van der Waals surface area contributed by atoms with Crippen molar-refractivity contribution in [3.8, 4) is 33.6 Å². The van der Waals surface area contributed by atoms with E-state index in [1.807, 2.05) is 80.0 Å². The molecule has 0 radical (unpaired) electrons. The van der Waals surface area contributed by atoms with Crippen molar-refractivity contribution in [3.63, 3.8) is 0 Å². The van der Waals surface area contributed by atoms with Crippen molar-refractivity contribution < 1.29 is 0 Å². The first-order valence-corrected chi connectivity index (χ1v) is 23.6. The monoisotopic (exact) mass is 899 g/mol. The summed E-state index contributed by atoms with van der Waals surface area (Å²) >= 11 is 0. The molecular weight excluding hydrogens is 851 g/mol. The molecule has 70 heavy (non-hydrogen) atoms. The lowest BCUT2D eigenvalue weighted by Crippen LogP contribution is -2.08. The minimum absolute atomic E-state index is 0.790. The number of fused-ring (bicyclic) bond motifs is 9. The van der Waals surface area contributed by atoms with Gasteiger partial charge in [-0.05, 0) is 121 Å². The predicted molar refractivity (Wildman–Crippen MR) is 301 cm³/mol. The van der Waals surface area contributed by atoms with Crippen LogP contribution in [0.3, 0.4) is 0 Å². The second-order valence-corrected chi connectivity index (χ2v) is 17.0. The summed E-state index contributed by atoms with van der Waals surface area (Å²) in [6.07, 6.45) is 27.3. The molecule has 0 fully saturated rings. The number of aromatic nitrogens is 3. The van der Waals surface area contributed by atoms with Gasteiger partial charge in [-0.15, -0.1) is 0 Å². The zero-order chi connectivity index (χ0) is 47.2. The molecule has 11 rings (SSSR count). The topological polar surface area (TPSA) is 39.5 Å². The van der Waals surface area contributed by atoms with E-state index in [-0.39, 0.29) is 0 Å². The minimum atomic E-state index is 0.790. The van der Waals surface area contributed by atoms with Crippen molar-refractivity contribution in [2.45, 2.75) is 6.92 Å². The first-order chi connectivity index (χ1) is 34.7. The van der Waals surface area contributed by atoms with Crippen LogP contribution in [0.15, 0.2) is 277 Å². The van der Waals surface area contributed by atoms with Gasteiger partial charge in [-0.2, -0.15) is 0 Å². The standard InChI is InChI=1S/C65H49N5/c1-3-4-5-9-23-44-67-63(38-17-8-6-7-10-22-43-66-2)70-58-35-21-19-31-54(58)65-52(33-25-37-62(65)70)51-32-24-36-61-64(51)53-30-18-20-34-57(53)69(61)50-40-42-60-56(46-50)55-45-48(47-26-13-11-14-27-47)39-41-59(55)68(60)49-28-15-12-16-29-49/h3-46H,2H2,1H3/b4-3+,8-6+,9-5-,10-7-,38-17+,43-22-,44-23-,67-63-. The highest BCUT2D eigenvalue weighted by Crippen LogP contribution is 2.44. The molecular formula is C65H49N5. The molecule has 3 aromatic heterocycles. The Hall–Kier alpha value is -9.32. The lowest BCUT2D eigenvalue weighted by atomic mass is 9.95. The maximum Gasteiger partial charge on any atom is 0.137 e. The van der Waals surface area contributed by atoms with Gasteiger partial charge in [-0.25, -0.2) is 4.99 Å². The molecule has 0 spiro atoms. The van der Waals surface area contributed by atoms with Gasteiger partial charge in [-0.3, -0.25) is 9.56 Å². The summed E-state index contributed by atoms with van der Waals surface area (Å²) in [6.45, 7) is 5.51. The van der Waals surface area contributed by atoms with Crippen LogP contribution in [-0.4, -0.2) is 26.3 Å². The maximum atomic E-state index is 5.08. The molecule has 334 valence electrons. The third-order valence-electron chi connectivity index (χ3n) is 12.9. The van der Waals surface area contributed by atoms with E-state index in [4.69, 9.17) is 4.99 Å². The van der Waals surface area contributed by atoms with E-state index in [2.05, 4.69) is 213 Å². The fourth-order valence-electron chi connectivity index (χ4n) is 9.92. The number of para-hydroxylation sites is 3. The summed E-state index contributed by atoms with van der Waals surface area (Å²) in [6, 6.07) is 66.2. The van der Waals surface area contributed by atoms with Crippen molar-refractivity contribution in [3.05, 3.63) is 267 Å². The highest BCUT2D eigenvalue weighted by Gasteiger charge is 2.22. The summed E-state index contributed by atoms with van der Waals surface area (Å²) < 4.78 is 7.12. The van der Waals surface area contributed by atoms with Crippen LogP contribution in [0.1, 0.15) is 6.92 Å². The Labute approximate surface area is 407 Å². The van der Waals surface area contributed by atoms with Crippen LogP contribution in [-0.2, 0) is 0 Å². The van der Waals surface area contributed by atoms with Crippen LogP contribution in [0.25, 0.3) is 99.0 Å². The first kappa shape index (κ1) is 43.3. The van der Waals surface area contributed by atoms with Gasteiger partial charge in [0.15, 0.2) is 0 Å². The van der Waals surface area contributed by atoms with Crippen molar-refractivity contribution in [2.24, 2.45) is 9.98 Å². The third kappa shape index (κ3) is 7.95. The minimum Gasteiger partial charge on any atom is -0.309 e. The second-order valence-electron chi connectivity index (χ2n) is 17.0. The van der Waals surface area contributed by atoms with Gasteiger partial charge in [-0.1, -0.05) is 170 Å². The molecule has 0 aliphatic rings. The number of allylic oxidation sites excluding steroid dienone is 12. The maximum absolute atomic E-state index is 5.08. The zero-order valence-electron chi connectivity index (χ0n) is 38.8. The Morgan fingerprint density at radius 3 is 1.69 bits per heavy atom. The lowest BCUT2D eigenvalue weighted by molar-refractivity contribution is 1.17. The molecule has 0 aliphatic carbocycles. The number of aliphatic imine (C=N–C) groups is 2. The van der Waals surface area contributed by atoms with E-state index in [0.29, 0.717) is 0 Å². The quantitative estimate of drug-likeness (QED) is 0.0666. The van der Waals surface area contributed by atoms with E-state index < -0.39 is 0 Å². The Balaban J connectivity index is 1.11. The van der Waals surface area contributed by atoms with Crippen LogP contribution in [0, 0.1) is 0 Å². The summed E-state index contributed by atoms with van der Waals surface area (Å²) in [5.74, 6) is 0.790. The Bertz CT molecular complexity index is 4010. The van der Waals surface area contributed by atoms with Gasteiger partial charge >= 0.3 is 0 Å². The SMILES string of the molecule is C=N\C=C/C=C\C=C\C=C\C(=N\C=C/C=C\C=C\C)n1c2ccccc2c2c(-c3cccc4c3c3ccccc3n4-c3ccc4c(c3)c3cc(-c5ccccc5)ccc3n4-c3ccccc3)cccc21. The Kier molecular flexibility index (Phi) is 12.0. The highest BCUT2D eigenvalue weighted by molar-refractivity contribution is 6.24. The van der Waals surface area contributed by atoms with E-state index in [1.54, 1.807) is 6.20 Å². The number of benzene rings is 8. The summed E-state index contributed by atoms with van der Waals surface area (Å²) in [5, 5.41) is 7.16. The predicted octanol–water partition coefficient (Wildman–Crippen LogP) is 17.1. The van der Waals surface area contributed by atoms with Crippen molar-refractivity contribution in [2.75, 3.05) is 0 Å². The number of rotatable bonds is 12. The number of hydrogen-bond acceptors (Lipinski definition) is 2. The second kappa shape index (κ2) is 19.5. The van der Waals surface area contributed by atoms with Gasteiger partial charge in [0.2, 0.25) is 0 Å². The first-order valence-electron chi connectivity index (χ1n) is 23.6. The summed E-state index contributed by atoms with van der Waals surface area (Å²) in [7, 11) is 0. The largest absolute Gasteiger partial charge is 0.309 e. The van der Waals surface area contributed by atoms with E-state index in [9.17, 15) is 0 Å². The molecule has 0 unspecified atom stereocenters. The van der Waals surface area contributed by atoms with Crippen molar-refractivity contribution in [1.29, 1.82) is 0 Å². The molecule has 0 saturated heterocycles. The molecule has 0 aliphatic heterocycles. The highest BCUT2D eigenvalue weighted by atomic mass is 15.1. The van der Waals surface area contributed by atoms with Gasteiger partial charge < -0.3 is 9.13 Å². The van der Waals surface area contributed by atoms with E-state index in [0.717, 1.165) is 50.2 Å². The summed E-state index contributed by atoms with van der Waals surface area (Å²) in [5.41, 5.74) is 13.8. The third-order valence-corrected chi connectivity index (χ3v) is 12.9. The molecule has 11 aromatic rings. The van der Waals surface area contributed by atoms with E-state index >= 15 is 0 Å². The fourth-order valence-corrected chi connectivity index (χ4v) is 9.92. The average molecular weight is 900 g/mol. The molecule has 0 amide bonds. The average Bonchev–Trinajstić information content (AvgIpc) is 4.06. The molecule has 8 aromatic carbocycles. The molecule has 5 heteroatoms. The lowest BCUT2D eigenvalue weighted by Gasteiger charge is -2.11. The van der Waals surface area contributed by atoms with Crippen LogP contribution < -0.4 is 0 Å². The molecule has 3 heterocycles. The molecule has 0 atom stereocenters. The van der Waals surface area contributed by atoms with Crippen LogP contribution in [0.5, 0.6) is 0 Å². The van der Waals surface area contributed by atoms with Crippen LogP contribution >= 0.6 is 0 Å². The smallest absolute Gasteiger partial charge is 0.137 e. The molecule has 0 bridgehead atoms. The number of hydrogen-bond donors (Lipinski definition) is 0. The van der Waals surface area contributed by atoms with Crippen LogP contribution in [0.4, 0.5) is 0 Å². The van der Waals surface area contributed by atoms with Gasteiger partial charge in [0.1, 0.15) is 5.84 Å². The Morgan fingerprint density at radius 1 is 0.400 bits per heavy atom. The van der Waals surface area contributed by atoms with Gasteiger partial charge in [0, 0.05) is 56.1 Å². The van der Waals surface area contributed by atoms with Crippen molar-refractivity contribution >= 4 is 78.0 Å². The van der Waals surface area contributed by atoms with E-state index in [1.165, 1.54) is 54.7 Å². The van der Waals surface area contributed by atoms with Crippen molar-refractivity contribution in [1.82, 2.24) is 13.7 Å². The zero-order valence-corrected chi connectivity index (χ0v) is 38.8. The van der Waals surface area contributed by atoms with Gasteiger partial charge in [0.25, 0.3) is 0 Å². The molecule has 5 nitrogen and oxygen atoms in total. The Morgan fingerprint density at radius 2 is 0.943 bits per heavy atom. The molecule has 0 N–H and O–H groups in total. The number of nitrogens with zero attached hydrogens (tertiary/aromatic N) is 5. The molecule has 0 saturated carbocycles. The normalized spacial score (nSPS) is 13.0. The summed E-state index contributed by atoms with van der Waals surface area (Å²) in [4.78, 5) is 8.85.